The average molecular weight is 407 g/mol. The third kappa shape index (κ3) is 6.61. The molecular formula is C20H26N2O5S. The number of amides is 1. The highest BCUT2D eigenvalue weighted by atomic mass is 32.1. The molecule has 0 N–H and O–H groups in total. The molecule has 0 bridgehead atoms. The van der Waals surface area contributed by atoms with Crippen molar-refractivity contribution in [2.24, 2.45) is 0 Å². The number of benzene rings is 1. The third-order valence-electron chi connectivity index (χ3n) is 3.84. The summed E-state index contributed by atoms with van der Waals surface area (Å²) < 4.78 is 15.4. The summed E-state index contributed by atoms with van der Waals surface area (Å²) in [5.74, 6) is 0.194. The summed E-state index contributed by atoms with van der Waals surface area (Å²) in [7, 11) is 1.55. The van der Waals surface area contributed by atoms with Gasteiger partial charge in [-0.2, -0.15) is 0 Å². The maximum atomic E-state index is 12.6. The lowest BCUT2D eigenvalue weighted by Crippen LogP contribution is -2.39. The zero-order valence-corrected chi connectivity index (χ0v) is 17.3. The molecule has 7 nitrogen and oxygen atoms in total. The molecule has 2 rings (SSSR count). The van der Waals surface area contributed by atoms with Crippen LogP contribution in [-0.2, 0) is 25.5 Å². The van der Waals surface area contributed by atoms with Gasteiger partial charge in [0.2, 0.25) is 5.91 Å². The van der Waals surface area contributed by atoms with Crippen molar-refractivity contribution in [3.05, 3.63) is 35.3 Å². The maximum Gasteiger partial charge on any atom is 0.325 e. The Kier molecular flexibility index (Phi) is 8.90. The van der Waals surface area contributed by atoms with Crippen LogP contribution in [0.4, 0.5) is 0 Å². The van der Waals surface area contributed by atoms with Crippen LogP contribution < -0.4 is 4.74 Å². The Bertz CT molecular complexity index is 760. The molecule has 2 aromatic rings. The number of thiazole rings is 1. The van der Waals surface area contributed by atoms with Crippen LogP contribution in [0.3, 0.4) is 0 Å². The highest BCUT2D eigenvalue weighted by molar-refractivity contribution is 7.13. The van der Waals surface area contributed by atoms with Gasteiger partial charge in [0.05, 0.1) is 31.9 Å². The van der Waals surface area contributed by atoms with E-state index in [1.54, 1.807) is 14.0 Å². The Labute approximate surface area is 169 Å². The molecule has 1 heterocycles. The number of hydrogen-bond donors (Lipinski definition) is 0. The van der Waals surface area contributed by atoms with E-state index in [4.69, 9.17) is 14.2 Å². The molecule has 0 unspecified atom stereocenters. The molecule has 1 aromatic carbocycles. The minimum Gasteiger partial charge on any atom is -0.494 e. The molecule has 0 radical (unpaired) electrons. The van der Waals surface area contributed by atoms with Crippen LogP contribution in [0.15, 0.2) is 29.6 Å². The van der Waals surface area contributed by atoms with Gasteiger partial charge in [-0.05, 0) is 38.1 Å². The summed E-state index contributed by atoms with van der Waals surface area (Å²) in [6.07, 6.45) is 0.122. The molecule has 0 aliphatic carbocycles. The van der Waals surface area contributed by atoms with Crippen molar-refractivity contribution in [3.63, 3.8) is 0 Å². The molecule has 0 atom stereocenters. The first-order chi connectivity index (χ1) is 13.6. The molecule has 0 saturated carbocycles. The molecule has 8 heteroatoms. The predicted molar refractivity (Wildman–Crippen MR) is 108 cm³/mol. The lowest BCUT2D eigenvalue weighted by atomic mass is 10.2. The fraction of sp³-hybridized carbons (Fsp3) is 0.450. The van der Waals surface area contributed by atoms with Crippen molar-refractivity contribution in [1.29, 1.82) is 0 Å². The first kappa shape index (κ1) is 21.8. The second kappa shape index (κ2) is 11.4. The number of nitrogens with zero attached hydrogens (tertiary/aromatic N) is 2. The van der Waals surface area contributed by atoms with Crippen LogP contribution in [0.5, 0.6) is 5.75 Å². The number of methoxy groups -OCH3 is 1. The monoisotopic (exact) mass is 406 g/mol. The normalized spacial score (nSPS) is 10.5. The van der Waals surface area contributed by atoms with Gasteiger partial charge in [0.15, 0.2) is 0 Å². The minimum atomic E-state index is -0.430. The van der Waals surface area contributed by atoms with E-state index in [-0.39, 0.29) is 25.5 Å². The summed E-state index contributed by atoms with van der Waals surface area (Å²) in [6, 6.07) is 7.69. The van der Waals surface area contributed by atoms with E-state index in [1.165, 1.54) is 16.2 Å². The summed E-state index contributed by atoms with van der Waals surface area (Å²) in [6.45, 7) is 5.15. The van der Waals surface area contributed by atoms with E-state index >= 15 is 0 Å². The Balaban J connectivity index is 2.02. The highest BCUT2D eigenvalue weighted by Crippen LogP contribution is 2.26. The number of carbonyl (C=O) groups excluding carboxylic acids is 2. The fourth-order valence-electron chi connectivity index (χ4n) is 2.50. The number of aromatic nitrogens is 1. The van der Waals surface area contributed by atoms with Crippen molar-refractivity contribution >= 4 is 23.2 Å². The van der Waals surface area contributed by atoms with Gasteiger partial charge >= 0.3 is 5.97 Å². The first-order valence-electron chi connectivity index (χ1n) is 9.17. The van der Waals surface area contributed by atoms with Gasteiger partial charge in [0.1, 0.15) is 17.3 Å². The number of esters is 1. The number of rotatable bonds is 11. The van der Waals surface area contributed by atoms with E-state index < -0.39 is 5.97 Å². The van der Waals surface area contributed by atoms with Crippen molar-refractivity contribution < 1.29 is 23.8 Å². The van der Waals surface area contributed by atoms with Crippen LogP contribution in [0, 0.1) is 0 Å². The second-order valence-corrected chi connectivity index (χ2v) is 6.75. The molecule has 1 amide bonds. The van der Waals surface area contributed by atoms with Crippen molar-refractivity contribution in [1.82, 2.24) is 9.88 Å². The van der Waals surface area contributed by atoms with Crippen LogP contribution in [0.2, 0.25) is 0 Å². The summed E-state index contributed by atoms with van der Waals surface area (Å²) >= 11 is 1.48. The fourth-order valence-corrected chi connectivity index (χ4v) is 3.33. The first-order valence-corrected chi connectivity index (χ1v) is 10.0. The van der Waals surface area contributed by atoms with E-state index in [9.17, 15) is 9.59 Å². The third-order valence-corrected chi connectivity index (χ3v) is 4.78. The van der Waals surface area contributed by atoms with Crippen LogP contribution in [0.25, 0.3) is 10.6 Å². The van der Waals surface area contributed by atoms with Crippen molar-refractivity contribution in [3.8, 4) is 16.3 Å². The smallest absolute Gasteiger partial charge is 0.325 e. The zero-order valence-electron chi connectivity index (χ0n) is 16.5. The van der Waals surface area contributed by atoms with E-state index in [0.29, 0.717) is 25.5 Å². The quantitative estimate of drug-likeness (QED) is 0.534. The molecule has 152 valence electrons. The van der Waals surface area contributed by atoms with Crippen LogP contribution in [-0.4, -0.2) is 61.8 Å². The van der Waals surface area contributed by atoms with E-state index in [0.717, 1.165) is 16.3 Å². The standard InChI is InChI=1S/C20H26N2O5S/c1-4-26-17-8-6-15(7-9-17)20-21-16(14-28-20)12-18(23)22(10-11-25-3)13-19(24)27-5-2/h6-9,14H,4-5,10-13H2,1-3H3. The van der Waals surface area contributed by atoms with Crippen molar-refractivity contribution in [2.75, 3.05) is 40.0 Å². The SMILES string of the molecule is CCOC(=O)CN(CCOC)C(=O)Cc1csc(-c2ccc(OCC)cc2)n1. The van der Waals surface area contributed by atoms with Gasteiger partial charge in [0, 0.05) is 24.6 Å². The van der Waals surface area contributed by atoms with Gasteiger partial charge in [-0.25, -0.2) is 4.98 Å². The zero-order chi connectivity index (χ0) is 20.4. The van der Waals surface area contributed by atoms with Crippen molar-refractivity contribution in [2.45, 2.75) is 20.3 Å². The number of hydrogen-bond acceptors (Lipinski definition) is 7. The highest BCUT2D eigenvalue weighted by Gasteiger charge is 2.19. The molecule has 28 heavy (non-hydrogen) atoms. The Hall–Kier alpha value is -2.45. The number of carbonyl (C=O) groups is 2. The number of ether oxygens (including phenoxy) is 3. The molecular weight excluding hydrogens is 380 g/mol. The van der Waals surface area contributed by atoms with Gasteiger partial charge in [-0.1, -0.05) is 0 Å². The lowest BCUT2D eigenvalue weighted by molar-refractivity contribution is -0.149. The minimum absolute atomic E-state index is 0.0914. The van der Waals surface area contributed by atoms with E-state index in [2.05, 4.69) is 4.98 Å². The lowest BCUT2D eigenvalue weighted by Gasteiger charge is -2.21. The van der Waals surface area contributed by atoms with Crippen LogP contribution in [0.1, 0.15) is 19.5 Å². The molecule has 0 aliphatic rings. The van der Waals surface area contributed by atoms with Gasteiger partial charge in [-0.3, -0.25) is 9.59 Å². The predicted octanol–water partition coefficient (Wildman–Crippen LogP) is 2.79. The topological polar surface area (TPSA) is 78.0 Å². The maximum absolute atomic E-state index is 12.6. The Morgan fingerprint density at radius 1 is 1.14 bits per heavy atom. The van der Waals surface area contributed by atoms with Crippen LogP contribution >= 0.6 is 11.3 Å². The molecule has 0 saturated heterocycles. The summed E-state index contributed by atoms with van der Waals surface area (Å²) in [4.78, 5) is 30.4. The summed E-state index contributed by atoms with van der Waals surface area (Å²) in [5.41, 5.74) is 1.64. The Morgan fingerprint density at radius 3 is 2.54 bits per heavy atom. The largest absolute Gasteiger partial charge is 0.494 e. The second-order valence-electron chi connectivity index (χ2n) is 5.89. The Morgan fingerprint density at radius 2 is 1.89 bits per heavy atom. The van der Waals surface area contributed by atoms with Gasteiger partial charge < -0.3 is 19.1 Å². The van der Waals surface area contributed by atoms with Gasteiger partial charge in [0.25, 0.3) is 0 Å². The molecule has 0 fully saturated rings. The van der Waals surface area contributed by atoms with Gasteiger partial charge in [-0.15, -0.1) is 11.3 Å². The molecule has 1 aromatic heterocycles. The summed E-state index contributed by atoms with van der Waals surface area (Å²) in [5, 5.41) is 2.70. The average Bonchev–Trinajstić information content (AvgIpc) is 3.14. The molecule has 0 aliphatic heterocycles. The van der Waals surface area contributed by atoms with E-state index in [1.807, 2.05) is 36.6 Å². The molecule has 0 spiro atoms.